The fourth-order valence-electron chi connectivity index (χ4n) is 2.61. The number of aromatic nitrogens is 2. The Hall–Kier alpha value is -2.86. The van der Waals surface area contributed by atoms with Crippen LogP contribution >= 0.6 is 0 Å². The van der Waals surface area contributed by atoms with Crippen LogP contribution in [0.25, 0.3) is 11.0 Å². The fraction of sp³-hybridized carbons (Fsp3) is 0.263. The highest BCUT2D eigenvalue weighted by Crippen LogP contribution is 2.18. The van der Waals surface area contributed by atoms with Crippen molar-refractivity contribution in [3.63, 3.8) is 0 Å². The van der Waals surface area contributed by atoms with Crippen molar-refractivity contribution in [2.45, 2.75) is 12.6 Å². The molecule has 0 saturated carbocycles. The molecule has 0 fully saturated rings. The van der Waals surface area contributed by atoms with Crippen LogP contribution in [0, 0.1) is 0 Å². The molecule has 3 aromatic rings. The third-order valence-electron chi connectivity index (χ3n) is 3.97. The monoisotopic (exact) mass is 339 g/mol. The Morgan fingerprint density at radius 2 is 1.88 bits per heavy atom. The second-order valence-electron chi connectivity index (χ2n) is 5.70. The average Bonchev–Trinajstić information content (AvgIpc) is 2.97. The van der Waals surface area contributed by atoms with E-state index in [-0.39, 0.29) is 12.6 Å². The van der Waals surface area contributed by atoms with Crippen LogP contribution in [0.15, 0.2) is 54.6 Å². The molecule has 2 aromatic carbocycles. The van der Waals surface area contributed by atoms with Crippen molar-refractivity contribution in [1.29, 1.82) is 0 Å². The first-order chi connectivity index (χ1) is 12.2. The lowest BCUT2D eigenvalue weighted by molar-refractivity contribution is -0.143. The Labute approximate surface area is 146 Å². The van der Waals surface area contributed by atoms with E-state index in [0.29, 0.717) is 12.6 Å². The molecule has 0 bridgehead atoms. The predicted molar refractivity (Wildman–Crippen MR) is 96.2 cm³/mol. The van der Waals surface area contributed by atoms with Gasteiger partial charge in [0.25, 0.3) is 0 Å². The second-order valence-corrected chi connectivity index (χ2v) is 5.70. The molecule has 1 heterocycles. The van der Waals surface area contributed by atoms with Gasteiger partial charge in [0.15, 0.2) is 6.04 Å². The maximum absolute atomic E-state index is 12.1. The smallest absolute Gasteiger partial charge is 0.330 e. The summed E-state index contributed by atoms with van der Waals surface area (Å²) >= 11 is 0. The molecule has 6 heteroatoms. The van der Waals surface area contributed by atoms with E-state index in [1.54, 1.807) is 0 Å². The number of benzene rings is 2. The Kier molecular flexibility index (Phi) is 5.30. The Bertz CT molecular complexity index is 846. The van der Waals surface area contributed by atoms with E-state index in [1.807, 2.05) is 66.2 Å². The molecule has 0 unspecified atom stereocenters. The molecule has 0 aliphatic carbocycles. The van der Waals surface area contributed by atoms with Crippen molar-refractivity contribution in [2.75, 3.05) is 19.0 Å². The quantitative estimate of drug-likeness (QED) is 0.671. The number of aryl methyl sites for hydroxylation is 1. The van der Waals surface area contributed by atoms with Gasteiger partial charge in [0.05, 0.1) is 31.4 Å². The summed E-state index contributed by atoms with van der Waals surface area (Å²) in [6.45, 7) is 0.614. The molecule has 0 spiro atoms. The molecular formula is C19H21N3O3. The number of nitrogens with one attached hydrogen (secondary N) is 1. The highest BCUT2D eigenvalue weighted by molar-refractivity contribution is 5.82. The first-order valence-corrected chi connectivity index (χ1v) is 8.06. The molecule has 1 atom stereocenters. The Morgan fingerprint density at radius 3 is 2.60 bits per heavy atom. The SMILES string of the molecule is COC(=O)[C@H](COCc1ccccc1)Nc1nc2ccccc2n1C. The van der Waals surface area contributed by atoms with E-state index >= 15 is 0 Å². The number of para-hydroxylation sites is 2. The summed E-state index contributed by atoms with van der Waals surface area (Å²) in [5.74, 6) is 0.208. The summed E-state index contributed by atoms with van der Waals surface area (Å²) in [7, 11) is 3.26. The van der Waals surface area contributed by atoms with Gasteiger partial charge in [-0.15, -0.1) is 0 Å². The van der Waals surface area contributed by atoms with Crippen LogP contribution in [0.2, 0.25) is 0 Å². The minimum Gasteiger partial charge on any atom is -0.467 e. The molecule has 1 aromatic heterocycles. The largest absolute Gasteiger partial charge is 0.467 e. The van der Waals surface area contributed by atoms with E-state index in [2.05, 4.69) is 10.3 Å². The number of rotatable bonds is 7. The molecule has 0 radical (unpaired) electrons. The van der Waals surface area contributed by atoms with Crippen molar-refractivity contribution in [1.82, 2.24) is 9.55 Å². The summed E-state index contributed by atoms with van der Waals surface area (Å²) in [6, 6.07) is 17.0. The summed E-state index contributed by atoms with van der Waals surface area (Å²) in [5.41, 5.74) is 2.90. The summed E-state index contributed by atoms with van der Waals surface area (Å²) in [4.78, 5) is 16.6. The van der Waals surface area contributed by atoms with Gasteiger partial charge in [-0.1, -0.05) is 42.5 Å². The van der Waals surface area contributed by atoms with Crippen LogP contribution in [0.1, 0.15) is 5.56 Å². The van der Waals surface area contributed by atoms with Crippen LogP contribution in [-0.2, 0) is 27.9 Å². The highest BCUT2D eigenvalue weighted by Gasteiger charge is 2.22. The topological polar surface area (TPSA) is 65.4 Å². The number of imidazole rings is 1. The number of ether oxygens (including phenoxy) is 2. The number of methoxy groups -OCH3 is 1. The zero-order valence-electron chi connectivity index (χ0n) is 14.3. The molecule has 3 rings (SSSR count). The van der Waals surface area contributed by atoms with Gasteiger partial charge in [-0.05, 0) is 17.7 Å². The standard InChI is InChI=1S/C19H21N3O3/c1-22-17-11-7-6-10-15(17)20-19(22)21-16(18(23)24-2)13-25-12-14-8-4-3-5-9-14/h3-11,16H,12-13H2,1-2H3,(H,20,21)/t16-/m0/s1. The van der Waals surface area contributed by atoms with Gasteiger partial charge < -0.3 is 19.4 Å². The molecule has 25 heavy (non-hydrogen) atoms. The molecule has 1 N–H and O–H groups in total. The maximum atomic E-state index is 12.1. The Morgan fingerprint density at radius 1 is 1.16 bits per heavy atom. The summed E-state index contributed by atoms with van der Waals surface area (Å²) in [5, 5.41) is 3.13. The Balaban J connectivity index is 1.69. The number of fused-ring (bicyclic) bond motifs is 1. The van der Waals surface area contributed by atoms with E-state index < -0.39 is 6.04 Å². The van der Waals surface area contributed by atoms with Crippen LogP contribution in [-0.4, -0.2) is 35.3 Å². The van der Waals surface area contributed by atoms with Gasteiger partial charge in [-0.3, -0.25) is 0 Å². The first-order valence-electron chi connectivity index (χ1n) is 8.06. The lowest BCUT2D eigenvalue weighted by Gasteiger charge is -2.17. The third-order valence-corrected chi connectivity index (χ3v) is 3.97. The van der Waals surface area contributed by atoms with E-state index in [9.17, 15) is 4.79 Å². The molecular weight excluding hydrogens is 318 g/mol. The molecule has 0 aliphatic heterocycles. The summed E-state index contributed by atoms with van der Waals surface area (Å²) < 4.78 is 12.5. The number of hydrogen-bond donors (Lipinski definition) is 1. The van der Waals surface area contributed by atoms with E-state index in [4.69, 9.17) is 9.47 Å². The van der Waals surface area contributed by atoms with Gasteiger partial charge in [-0.2, -0.15) is 0 Å². The molecule has 130 valence electrons. The maximum Gasteiger partial charge on any atom is 0.330 e. The van der Waals surface area contributed by atoms with E-state index in [1.165, 1.54) is 7.11 Å². The van der Waals surface area contributed by atoms with Crippen molar-refractivity contribution in [3.8, 4) is 0 Å². The second kappa shape index (κ2) is 7.81. The van der Waals surface area contributed by atoms with Crippen molar-refractivity contribution >= 4 is 23.0 Å². The van der Waals surface area contributed by atoms with Crippen molar-refractivity contribution in [3.05, 3.63) is 60.2 Å². The van der Waals surface area contributed by atoms with Crippen LogP contribution < -0.4 is 5.32 Å². The zero-order chi connectivity index (χ0) is 17.6. The van der Waals surface area contributed by atoms with Gasteiger partial charge >= 0.3 is 5.97 Å². The van der Waals surface area contributed by atoms with Gasteiger partial charge in [-0.25, -0.2) is 9.78 Å². The minimum atomic E-state index is -0.635. The van der Waals surface area contributed by atoms with Crippen molar-refractivity contribution < 1.29 is 14.3 Å². The van der Waals surface area contributed by atoms with E-state index in [0.717, 1.165) is 16.6 Å². The normalized spacial score (nSPS) is 12.1. The predicted octanol–water partition coefficient (Wildman–Crippen LogP) is 2.74. The number of carbonyl (C=O) groups is 1. The number of nitrogens with zero attached hydrogens (tertiary/aromatic N) is 2. The number of carbonyl (C=O) groups excluding carboxylic acids is 1. The van der Waals surface area contributed by atoms with Crippen molar-refractivity contribution in [2.24, 2.45) is 7.05 Å². The zero-order valence-corrected chi connectivity index (χ0v) is 14.3. The van der Waals surface area contributed by atoms with Crippen LogP contribution in [0.4, 0.5) is 5.95 Å². The third kappa shape index (κ3) is 3.97. The molecule has 0 aliphatic rings. The number of esters is 1. The number of anilines is 1. The van der Waals surface area contributed by atoms with Gasteiger partial charge in [0.1, 0.15) is 0 Å². The fourth-order valence-corrected chi connectivity index (χ4v) is 2.61. The number of hydrogen-bond acceptors (Lipinski definition) is 5. The lowest BCUT2D eigenvalue weighted by atomic mass is 10.2. The van der Waals surface area contributed by atoms with Crippen LogP contribution in [0.5, 0.6) is 0 Å². The molecule has 6 nitrogen and oxygen atoms in total. The highest BCUT2D eigenvalue weighted by atomic mass is 16.5. The minimum absolute atomic E-state index is 0.185. The van der Waals surface area contributed by atoms with Crippen LogP contribution in [0.3, 0.4) is 0 Å². The van der Waals surface area contributed by atoms with Gasteiger partial charge in [0.2, 0.25) is 5.95 Å². The van der Waals surface area contributed by atoms with Gasteiger partial charge in [0, 0.05) is 7.05 Å². The average molecular weight is 339 g/mol. The summed E-state index contributed by atoms with van der Waals surface area (Å²) in [6.07, 6.45) is 0. The lowest BCUT2D eigenvalue weighted by Crippen LogP contribution is -2.36. The first kappa shape index (κ1) is 17.0. The molecule has 0 saturated heterocycles. The molecule has 0 amide bonds.